The number of carbonyl (C=O) groups excluding carboxylic acids is 1. The minimum Gasteiger partial charge on any atom is -0.358 e. The fourth-order valence-corrected chi connectivity index (χ4v) is 2.05. The zero-order valence-electron chi connectivity index (χ0n) is 7.20. The van der Waals surface area contributed by atoms with Gasteiger partial charge in [0.2, 0.25) is 5.12 Å². The van der Waals surface area contributed by atoms with Gasteiger partial charge in [-0.1, -0.05) is 12.1 Å². The van der Waals surface area contributed by atoms with Gasteiger partial charge in [0.15, 0.2) is 0 Å². The summed E-state index contributed by atoms with van der Waals surface area (Å²) in [5.41, 5.74) is 1.90. The SMILES string of the molecule is CC1=CC(=O)Sc2ccccc2N1. The van der Waals surface area contributed by atoms with Crippen LogP contribution in [0.15, 0.2) is 40.9 Å². The van der Waals surface area contributed by atoms with Crippen molar-refractivity contribution in [2.45, 2.75) is 11.8 Å². The lowest BCUT2D eigenvalue weighted by Crippen LogP contribution is -1.94. The van der Waals surface area contributed by atoms with Crippen molar-refractivity contribution in [3.8, 4) is 0 Å². The molecule has 0 saturated carbocycles. The number of thioether (sulfide) groups is 1. The third kappa shape index (κ3) is 1.75. The third-order valence-electron chi connectivity index (χ3n) is 1.76. The third-order valence-corrected chi connectivity index (χ3v) is 2.66. The van der Waals surface area contributed by atoms with Crippen molar-refractivity contribution in [3.63, 3.8) is 0 Å². The zero-order chi connectivity index (χ0) is 9.26. The number of benzene rings is 1. The highest BCUT2D eigenvalue weighted by atomic mass is 32.2. The first-order chi connectivity index (χ1) is 6.25. The second kappa shape index (κ2) is 3.26. The summed E-state index contributed by atoms with van der Waals surface area (Å²) in [6, 6.07) is 7.80. The molecule has 66 valence electrons. The Labute approximate surface area is 81.0 Å². The maximum Gasteiger partial charge on any atom is 0.218 e. The maximum absolute atomic E-state index is 11.3. The second-order valence-corrected chi connectivity index (χ2v) is 3.92. The first-order valence-electron chi connectivity index (χ1n) is 4.02. The van der Waals surface area contributed by atoms with Crippen LogP contribution in [0, 0.1) is 0 Å². The van der Waals surface area contributed by atoms with Gasteiger partial charge in [-0.3, -0.25) is 4.79 Å². The van der Waals surface area contributed by atoms with Crippen LogP contribution in [0.4, 0.5) is 5.69 Å². The molecule has 13 heavy (non-hydrogen) atoms. The van der Waals surface area contributed by atoms with Gasteiger partial charge in [0.1, 0.15) is 0 Å². The van der Waals surface area contributed by atoms with Gasteiger partial charge >= 0.3 is 0 Å². The molecule has 2 nitrogen and oxygen atoms in total. The van der Waals surface area contributed by atoms with Gasteiger partial charge in [0.05, 0.1) is 5.69 Å². The molecule has 0 atom stereocenters. The summed E-state index contributed by atoms with van der Waals surface area (Å²) >= 11 is 1.26. The molecule has 0 fully saturated rings. The van der Waals surface area contributed by atoms with E-state index >= 15 is 0 Å². The molecule has 3 heteroatoms. The van der Waals surface area contributed by atoms with Crippen molar-refractivity contribution < 1.29 is 4.79 Å². The number of carbonyl (C=O) groups is 1. The topological polar surface area (TPSA) is 29.1 Å². The van der Waals surface area contributed by atoms with Crippen LogP contribution >= 0.6 is 11.8 Å². The molecular weight excluding hydrogens is 182 g/mol. The number of para-hydroxylation sites is 1. The molecule has 1 aliphatic rings. The monoisotopic (exact) mass is 191 g/mol. The van der Waals surface area contributed by atoms with Crippen LogP contribution < -0.4 is 5.32 Å². The van der Waals surface area contributed by atoms with Crippen molar-refractivity contribution in [1.29, 1.82) is 0 Å². The van der Waals surface area contributed by atoms with Gasteiger partial charge in [0.25, 0.3) is 0 Å². The number of anilines is 1. The van der Waals surface area contributed by atoms with E-state index in [9.17, 15) is 4.79 Å². The van der Waals surface area contributed by atoms with Crippen molar-refractivity contribution in [3.05, 3.63) is 36.0 Å². The Bertz CT molecular complexity index is 384. The van der Waals surface area contributed by atoms with Gasteiger partial charge < -0.3 is 5.32 Å². The second-order valence-electron chi connectivity index (χ2n) is 2.87. The summed E-state index contributed by atoms with van der Waals surface area (Å²) in [5.74, 6) is 0. The Hall–Kier alpha value is -1.22. The quantitative estimate of drug-likeness (QED) is 0.683. The smallest absolute Gasteiger partial charge is 0.218 e. The van der Waals surface area contributed by atoms with E-state index in [1.165, 1.54) is 11.8 Å². The summed E-state index contributed by atoms with van der Waals surface area (Å²) < 4.78 is 0. The summed E-state index contributed by atoms with van der Waals surface area (Å²) in [6.45, 7) is 1.89. The molecular formula is C10H9NOS. The number of hydrogen-bond donors (Lipinski definition) is 1. The lowest BCUT2D eigenvalue weighted by atomic mass is 10.3. The molecule has 1 aromatic rings. The minimum absolute atomic E-state index is 0.0787. The predicted octanol–water partition coefficient (Wildman–Crippen LogP) is 2.63. The van der Waals surface area contributed by atoms with E-state index < -0.39 is 0 Å². The predicted molar refractivity (Wildman–Crippen MR) is 54.7 cm³/mol. The van der Waals surface area contributed by atoms with Crippen molar-refractivity contribution in [1.82, 2.24) is 0 Å². The van der Waals surface area contributed by atoms with Crippen molar-refractivity contribution in [2.24, 2.45) is 0 Å². The molecule has 1 N–H and O–H groups in total. The van der Waals surface area contributed by atoms with Gasteiger partial charge in [-0.15, -0.1) is 0 Å². The largest absolute Gasteiger partial charge is 0.358 e. The highest BCUT2D eigenvalue weighted by molar-refractivity contribution is 8.14. The molecule has 0 amide bonds. The molecule has 2 rings (SSSR count). The first-order valence-corrected chi connectivity index (χ1v) is 4.83. The van der Waals surface area contributed by atoms with E-state index in [1.54, 1.807) is 6.08 Å². The molecule has 0 aromatic heterocycles. The van der Waals surface area contributed by atoms with E-state index in [4.69, 9.17) is 0 Å². The summed E-state index contributed by atoms with van der Waals surface area (Å²) in [5, 5.41) is 3.25. The molecule has 0 radical (unpaired) electrons. The molecule has 1 aromatic carbocycles. The van der Waals surface area contributed by atoms with Crippen molar-refractivity contribution >= 4 is 22.6 Å². The maximum atomic E-state index is 11.3. The molecule has 0 unspecified atom stereocenters. The van der Waals surface area contributed by atoms with Gasteiger partial charge in [0, 0.05) is 16.7 Å². The standard InChI is InChI=1S/C10H9NOS/c1-7-6-10(12)13-9-5-3-2-4-8(9)11-7/h2-6,11H,1H3. The lowest BCUT2D eigenvalue weighted by Gasteiger charge is -2.05. The van der Waals surface area contributed by atoms with Crippen LogP contribution in [0.2, 0.25) is 0 Å². The average molecular weight is 191 g/mol. The van der Waals surface area contributed by atoms with E-state index in [-0.39, 0.29) is 5.12 Å². The minimum atomic E-state index is 0.0787. The van der Waals surface area contributed by atoms with Gasteiger partial charge in [-0.05, 0) is 30.8 Å². The molecule has 0 aliphatic carbocycles. The molecule has 0 saturated heterocycles. The van der Waals surface area contributed by atoms with Crippen molar-refractivity contribution in [2.75, 3.05) is 5.32 Å². The van der Waals surface area contributed by atoms with Crippen LogP contribution in [0.5, 0.6) is 0 Å². The lowest BCUT2D eigenvalue weighted by molar-refractivity contribution is -0.107. The van der Waals surface area contributed by atoms with E-state index in [0.717, 1.165) is 16.3 Å². The molecule has 1 heterocycles. The Kier molecular flexibility index (Phi) is 2.10. The fourth-order valence-electron chi connectivity index (χ4n) is 1.22. The molecule has 0 spiro atoms. The number of nitrogens with one attached hydrogen (secondary N) is 1. The Morgan fingerprint density at radius 3 is 2.92 bits per heavy atom. The average Bonchev–Trinajstić information content (AvgIpc) is 2.20. The number of hydrogen-bond acceptors (Lipinski definition) is 3. The van der Waals surface area contributed by atoms with Gasteiger partial charge in [-0.25, -0.2) is 0 Å². The van der Waals surface area contributed by atoms with Crippen LogP contribution in [-0.4, -0.2) is 5.12 Å². The van der Waals surface area contributed by atoms with Crippen LogP contribution in [0.25, 0.3) is 0 Å². The van der Waals surface area contributed by atoms with Crippen LogP contribution in [-0.2, 0) is 4.79 Å². The van der Waals surface area contributed by atoms with E-state index in [0.29, 0.717) is 0 Å². The summed E-state index contributed by atoms with van der Waals surface area (Å²) in [4.78, 5) is 12.3. The highest BCUT2D eigenvalue weighted by Crippen LogP contribution is 2.31. The first kappa shape index (κ1) is 8.38. The molecule has 0 bridgehead atoms. The number of allylic oxidation sites excluding steroid dienone is 1. The summed E-state index contributed by atoms with van der Waals surface area (Å²) in [7, 11) is 0. The highest BCUT2D eigenvalue weighted by Gasteiger charge is 2.11. The normalized spacial score (nSPS) is 15.5. The van der Waals surface area contributed by atoms with Crippen LogP contribution in [0.1, 0.15) is 6.92 Å². The van der Waals surface area contributed by atoms with E-state index in [1.807, 2.05) is 31.2 Å². The van der Waals surface area contributed by atoms with Gasteiger partial charge in [-0.2, -0.15) is 0 Å². The molecule has 1 aliphatic heterocycles. The van der Waals surface area contributed by atoms with Crippen LogP contribution in [0.3, 0.4) is 0 Å². The summed E-state index contributed by atoms with van der Waals surface area (Å²) in [6.07, 6.45) is 1.62. The zero-order valence-corrected chi connectivity index (χ0v) is 8.02. The Morgan fingerprint density at radius 1 is 1.31 bits per heavy atom. The fraction of sp³-hybridized carbons (Fsp3) is 0.100. The Balaban J connectivity index is 2.46. The number of fused-ring (bicyclic) bond motifs is 1. The number of rotatable bonds is 0. The Morgan fingerprint density at radius 2 is 2.08 bits per heavy atom. The van der Waals surface area contributed by atoms with E-state index in [2.05, 4.69) is 5.32 Å².